The number of aromatic nitrogens is 2. The molecule has 3 aliphatic rings. The number of aliphatic imine (C=N–C) groups is 1. The number of carbonyl (C=O) groups is 2. The molecular weight excluding hydrogens is 589 g/mol. The van der Waals surface area contributed by atoms with Gasteiger partial charge in [-0.15, -0.1) is 11.3 Å². The van der Waals surface area contributed by atoms with Crippen molar-refractivity contribution in [1.82, 2.24) is 25.2 Å². The highest BCUT2D eigenvalue weighted by molar-refractivity contribution is 7.11. The lowest BCUT2D eigenvalue weighted by molar-refractivity contribution is -0.186. The maximum absolute atomic E-state index is 15.6. The highest BCUT2D eigenvalue weighted by Crippen LogP contribution is 2.42. The van der Waals surface area contributed by atoms with Gasteiger partial charge in [-0.25, -0.2) is 23.5 Å². The van der Waals surface area contributed by atoms with Crippen LogP contribution in [0.4, 0.5) is 13.2 Å². The van der Waals surface area contributed by atoms with E-state index in [0.29, 0.717) is 27.8 Å². The zero-order chi connectivity index (χ0) is 31.1. The average molecular weight is 623 g/mol. The third kappa shape index (κ3) is 6.16. The number of carboxylic acids is 1. The summed E-state index contributed by atoms with van der Waals surface area (Å²) < 4.78 is 50.4. The number of carbonyl (C=O) groups excluding carboxylic acids is 1. The first kappa shape index (κ1) is 31.0. The SMILES string of the molecule is CCOC(=O)C1=C(CN2CC(F)(F)[C@H]3[C@@H]2CON3CCC(C)(C)C(=O)O)NC(c2nccs2)=NC1c1ccc(F)nc1C. The van der Waals surface area contributed by atoms with E-state index in [0.717, 1.165) is 0 Å². The number of halogens is 3. The summed E-state index contributed by atoms with van der Waals surface area (Å²) in [6.45, 7) is 5.66. The van der Waals surface area contributed by atoms with Crippen LogP contribution in [0.15, 0.2) is 40.0 Å². The molecule has 0 spiro atoms. The molecule has 2 aromatic heterocycles. The molecule has 2 saturated heterocycles. The molecule has 0 amide bonds. The lowest BCUT2D eigenvalue weighted by atomic mass is 9.89. The number of fused-ring (bicyclic) bond motifs is 1. The predicted molar refractivity (Wildman–Crippen MR) is 150 cm³/mol. The van der Waals surface area contributed by atoms with Gasteiger partial charge >= 0.3 is 11.9 Å². The number of carboxylic acid groups (broad SMARTS) is 1. The van der Waals surface area contributed by atoms with E-state index >= 15 is 8.78 Å². The molecule has 5 heterocycles. The van der Waals surface area contributed by atoms with E-state index in [-0.39, 0.29) is 38.3 Å². The summed E-state index contributed by atoms with van der Waals surface area (Å²) in [7, 11) is 0. The Hall–Kier alpha value is -3.40. The van der Waals surface area contributed by atoms with Gasteiger partial charge < -0.3 is 15.2 Å². The number of nitrogens with zero attached hydrogens (tertiary/aromatic N) is 5. The molecule has 3 aliphatic heterocycles. The molecule has 0 aliphatic carbocycles. The molecule has 11 nitrogen and oxygen atoms in total. The fourth-order valence-corrected chi connectivity index (χ4v) is 6.15. The van der Waals surface area contributed by atoms with Crippen molar-refractivity contribution in [2.24, 2.45) is 10.4 Å². The van der Waals surface area contributed by atoms with Crippen LogP contribution < -0.4 is 5.32 Å². The van der Waals surface area contributed by atoms with E-state index in [1.807, 2.05) is 0 Å². The van der Waals surface area contributed by atoms with Gasteiger partial charge in [0, 0.05) is 41.6 Å². The second kappa shape index (κ2) is 11.9. The molecule has 232 valence electrons. The number of likely N-dealkylation sites (tertiary alicyclic amines) is 1. The summed E-state index contributed by atoms with van der Waals surface area (Å²) in [6.07, 6.45) is 1.71. The van der Waals surface area contributed by atoms with E-state index < -0.39 is 53.9 Å². The lowest BCUT2D eigenvalue weighted by Gasteiger charge is -2.30. The fourth-order valence-electron chi connectivity index (χ4n) is 5.56. The van der Waals surface area contributed by atoms with Crippen molar-refractivity contribution in [3.05, 3.63) is 57.2 Å². The van der Waals surface area contributed by atoms with Crippen LogP contribution in [0.2, 0.25) is 0 Å². The predicted octanol–water partition coefficient (Wildman–Crippen LogP) is 3.33. The Kier molecular flexibility index (Phi) is 8.62. The second-order valence-electron chi connectivity index (χ2n) is 11.3. The van der Waals surface area contributed by atoms with Crippen molar-refractivity contribution in [1.29, 1.82) is 0 Å². The number of amidine groups is 1. The maximum atomic E-state index is 15.6. The van der Waals surface area contributed by atoms with Crippen LogP contribution in [-0.4, -0.2) is 93.7 Å². The van der Waals surface area contributed by atoms with Crippen LogP contribution in [-0.2, 0) is 19.2 Å². The van der Waals surface area contributed by atoms with Gasteiger partial charge in [-0.05, 0) is 40.2 Å². The second-order valence-corrected chi connectivity index (χ2v) is 12.2. The van der Waals surface area contributed by atoms with E-state index in [9.17, 15) is 19.1 Å². The van der Waals surface area contributed by atoms with Crippen molar-refractivity contribution in [3.8, 4) is 0 Å². The minimum absolute atomic E-state index is 0.0126. The van der Waals surface area contributed by atoms with Gasteiger partial charge in [0.25, 0.3) is 5.92 Å². The number of aryl methyl sites for hydroxylation is 1. The van der Waals surface area contributed by atoms with Crippen LogP contribution in [0.25, 0.3) is 0 Å². The van der Waals surface area contributed by atoms with Crippen molar-refractivity contribution in [3.63, 3.8) is 0 Å². The normalized spacial score (nSPS) is 24.1. The Balaban J connectivity index is 1.50. The number of rotatable bonds is 10. The van der Waals surface area contributed by atoms with Gasteiger partial charge in [0.2, 0.25) is 5.95 Å². The highest BCUT2D eigenvalue weighted by atomic mass is 32.1. The van der Waals surface area contributed by atoms with Crippen LogP contribution in [0.1, 0.15) is 49.5 Å². The zero-order valence-corrected chi connectivity index (χ0v) is 25.0. The molecular formula is C28H33F3N6O5S. The Labute approximate surface area is 250 Å². The molecule has 2 aromatic rings. The number of pyridine rings is 1. The average Bonchev–Trinajstić information content (AvgIpc) is 3.66. The third-order valence-corrected chi connectivity index (χ3v) is 8.72. The molecule has 2 fully saturated rings. The largest absolute Gasteiger partial charge is 0.481 e. The van der Waals surface area contributed by atoms with Crippen molar-refractivity contribution >= 4 is 29.1 Å². The number of ether oxygens (including phenoxy) is 1. The van der Waals surface area contributed by atoms with E-state index in [4.69, 9.17) is 14.6 Å². The number of esters is 1. The third-order valence-electron chi connectivity index (χ3n) is 7.94. The molecule has 0 saturated carbocycles. The molecule has 1 unspecified atom stereocenters. The zero-order valence-electron chi connectivity index (χ0n) is 24.1. The summed E-state index contributed by atoms with van der Waals surface area (Å²) in [6, 6.07) is -0.341. The van der Waals surface area contributed by atoms with Crippen LogP contribution >= 0.6 is 11.3 Å². The number of hydrogen-bond donors (Lipinski definition) is 2. The Morgan fingerprint density at radius 2 is 2.09 bits per heavy atom. The van der Waals surface area contributed by atoms with E-state index in [2.05, 4.69) is 15.3 Å². The summed E-state index contributed by atoms with van der Waals surface area (Å²) in [4.78, 5) is 45.2. The minimum atomic E-state index is -3.18. The molecule has 15 heteroatoms. The summed E-state index contributed by atoms with van der Waals surface area (Å²) in [5.74, 6) is -5.26. The van der Waals surface area contributed by atoms with Gasteiger partial charge in [0.1, 0.15) is 12.1 Å². The first-order valence-corrected chi connectivity index (χ1v) is 14.7. The first-order chi connectivity index (χ1) is 20.3. The number of hydrogen-bond acceptors (Lipinski definition) is 11. The summed E-state index contributed by atoms with van der Waals surface area (Å²) in [5.41, 5.74) is 0.0540. The Morgan fingerprint density at radius 3 is 2.74 bits per heavy atom. The fraction of sp³-hybridized carbons (Fsp3) is 0.536. The minimum Gasteiger partial charge on any atom is -0.481 e. The molecule has 5 rings (SSSR count). The molecule has 0 radical (unpaired) electrons. The molecule has 0 bridgehead atoms. The standard InChI is InChI=1S/C28H33F3N6O5S/c1-5-41-25(38)20-17(34-23(24-32-9-11-43-24)35-21(20)16-6-7-19(29)33-15(16)2)12-36-14-28(30,31)22-18(36)13-42-37(22)10-8-27(3,4)26(39)40/h6-7,9,11,18,21-22H,5,8,10,12-14H2,1-4H3,(H,34,35)(H,39,40)/t18-,21?,22+/m0/s1. The van der Waals surface area contributed by atoms with Crippen molar-refractivity contribution in [2.45, 2.75) is 58.2 Å². The van der Waals surface area contributed by atoms with Gasteiger partial charge in [-0.3, -0.25) is 19.5 Å². The van der Waals surface area contributed by atoms with Gasteiger partial charge in [-0.2, -0.15) is 9.45 Å². The Morgan fingerprint density at radius 1 is 1.33 bits per heavy atom. The number of alkyl halides is 2. The monoisotopic (exact) mass is 622 g/mol. The number of thiazole rings is 1. The van der Waals surface area contributed by atoms with Crippen molar-refractivity contribution < 1.29 is 37.4 Å². The van der Waals surface area contributed by atoms with Crippen LogP contribution in [0.5, 0.6) is 0 Å². The number of nitrogens with one attached hydrogen (secondary N) is 1. The number of aliphatic carboxylic acids is 1. The number of hydroxylamine groups is 2. The molecule has 43 heavy (non-hydrogen) atoms. The smallest absolute Gasteiger partial charge is 0.338 e. The van der Waals surface area contributed by atoms with E-state index in [1.54, 1.807) is 30.3 Å². The Bertz CT molecular complexity index is 1450. The van der Waals surface area contributed by atoms with Crippen molar-refractivity contribution in [2.75, 3.05) is 32.8 Å². The molecule has 0 aromatic carbocycles. The van der Waals surface area contributed by atoms with Gasteiger partial charge in [0.05, 0.1) is 36.8 Å². The van der Waals surface area contributed by atoms with E-state index in [1.165, 1.54) is 42.4 Å². The topological polar surface area (TPSA) is 129 Å². The maximum Gasteiger partial charge on any atom is 0.338 e. The highest BCUT2D eigenvalue weighted by Gasteiger charge is 2.61. The first-order valence-electron chi connectivity index (χ1n) is 13.8. The van der Waals surface area contributed by atoms with Gasteiger partial charge in [-0.1, -0.05) is 6.07 Å². The molecule has 2 N–H and O–H groups in total. The summed E-state index contributed by atoms with van der Waals surface area (Å²) in [5, 5.41) is 16.1. The summed E-state index contributed by atoms with van der Waals surface area (Å²) >= 11 is 1.30. The van der Waals surface area contributed by atoms with Crippen LogP contribution in [0.3, 0.4) is 0 Å². The van der Waals surface area contributed by atoms with Crippen LogP contribution in [0, 0.1) is 18.3 Å². The lowest BCUT2D eigenvalue weighted by Crippen LogP contribution is -2.46. The molecule has 3 atom stereocenters. The van der Waals surface area contributed by atoms with Gasteiger partial charge in [0.15, 0.2) is 10.8 Å². The quantitative estimate of drug-likeness (QED) is 0.301.